The Kier molecular flexibility index (Phi) is 6.83. The van der Waals surface area contributed by atoms with Crippen LogP contribution in [0.1, 0.15) is 32.3 Å². The number of fused-ring (bicyclic) bond motifs is 1. The summed E-state index contributed by atoms with van der Waals surface area (Å²) in [6.45, 7) is 4.02. The minimum Gasteiger partial charge on any atom is -0.326 e. The van der Waals surface area contributed by atoms with Gasteiger partial charge in [-0.05, 0) is 74.4 Å². The molecular formula is C24H29N3O4S2. The highest BCUT2D eigenvalue weighted by Gasteiger charge is 2.35. The highest BCUT2D eigenvalue weighted by atomic mass is 32.2. The normalized spacial score (nSPS) is 21.0. The number of rotatable bonds is 5. The first kappa shape index (κ1) is 23.8. The number of nitrogens with zero attached hydrogens (tertiary/aromatic N) is 2. The van der Waals surface area contributed by atoms with E-state index in [1.165, 1.54) is 11.2 Å². The van der Waals surface area contributed by atoms with Crippen LogP contribution in [-0.4, -0.2) is 49.9 Å². The van der Waals surface area contributed by atoms with E-state index < -0.39 is 15.9 Å². The van der Waals surface area contributed by atoms with E-state index in [0.29, 0.717) is 25.8 Å². The lowest BCUT2D eigenvalue weighted by molar-refractivity contribution is -0.121. The Bertz CT molecular complexity index is 1180. The van der Waals surface area contributed by atoms with Gasteiger partial charge in [0.2, 0.25) is 21.8 Å². The van der Waals surface area contributed by atoms with Gasteiger partial charge in [-0.1, -0.05) is 6.07 Å². The second kappa shape index (κ2) is 9.48. The van der Waals surface area contributed by atoms with E-state index in [9.17, 15) is 18.0 Å². The molecule has 0 spiro atoms. The van der Waals surface area contributed by atoms with Crippen molar-refractivity contribution in [1.82, 2.24) is 4.31 Å². The summed E-state index contributed by atoms with van der Waals surface area (Å²) in [4.78, 5) is 27.8. The number of nitrogens with one attached hydrogen (secondary N) is 1. The van der Waals surface area contributed by atoms with Gasteiger partial charge in [0.25, 0.3) is 0 Å². The highest BCUT2D eigenvalue weighted by Crippen LogP contribution is 2.35. The summed E-state index contributed by atoms with van der Waals surface area (Å²) in [6, 6.07) is 12.6. The lowest BCUT2D eigenvalue weighted by Gasteiger charge is -2.31. The van der Waals surface area contributed by atoms with E-state index in [1.807, 2.05) is 37.4 Å². The average molecular weight is 488 g/mol. The van der Waals surface area contributed by atoms with Gasteiger partial charge in [-0.3, -0.25) is 9.59 Å². The van der Waals surface area contributed by atoms with Gasteiger partial charge in [-0.25, -0.2) is 8.42 Å². The number of carbonyl (C=O) groups is 2. The van der Waals surface area contributed by atoms with Crippen molar-refractivity contribution in [3.8, 4) is 0 Å². The Morgan fingerprint density at radius 2 is 1.94 bits per heavy atom. The number of piperidine rings is 1. The van der Waals surface area contributed by atoms with Crippen molar-refractivity contribution >= 4 is 45.0 Å². The molecule has 2 aliphatic heterocycles. The van der Waals surface area contributed by atoms with E-state index in [4.69, 9.17) is 0 Å². The van der Waals surface area contributed by atoms with Crippen LogP contribution in [0.4, 0.5) is 11.4 Å². The van der Waals surface area contributed by atoms with Crippen molar-refractivity contribution in [2.45, 2.75) is 48.9 Å². The molecule has 7 nitrogen and oxygen atoms in total. The maximum Gasteiger partial charge on any atom is 0.243 e. The molecule has 0 bridgehead atoms. The van der Waals surface area contributed by atoms with Crippen LogP contribution in [0.15, 0.2) is 52.3 Å². The number of benzene rings is 2. The quantitative estimate of drug-likeness (QED) is 0.649. The molecule has 33 heavy (non-hydrogen) atoms. The molecule has 1 fully saturated rings. The van der Waals surface area contributed by atoms with Gasteiger partial charge >= 0.3 is 0 Å². The Balaban J connectivity index is 1.50. The zero-order chi connectivity index (χ0) is 23.8. The summed E-state index contributed by atoms with van der Waals surface area (Å²) in [7, 11) is -3.74. The summed E-state index contributed by atoms with van der Waals surface area (Å²) in [5.74, 6) is -0.619. The van der Waals surface area contributed by atoms with Crippen LogP contribution in [0.25, 0.3) is 0 Å². The van der Waals surface area contributed by atoms with Crippen LogP contribution in [0.5, 0.6) is 0 Å². The Morgan fingerprint density at radius 3 is 2.67 bits per heavy atom. The summed E-state index contributed by atoms with van der Waals surface area (Å²) in [5.41, 5.74) is 2.35. The van der Waals surface area contributed by atoms with Crippen LogP contribution in [0.2, 0.25) is 0 Å². The van der Waals surface area contributed by atoms with Gasteiger partial charge in [0.15, 0.2) is 0 Å². The fourth-order valence-electron chi connectivity index (χ4n) is 4.72. The van der Waals surface area contributed by atoms with Crippen molar-refractivity contribution in [1.29, 1.82) is 0 Å². The largest absolute Gasteiger partial charge is 0.326 e. The second-order valence-electron chi connectivity index (χ2n) is 8.66. The third-order valence-electron chi connectivity index (χ3n) is 6.34. The smallest absolute Gasteiger partial charge is 0.243 e. The van der Waals surface area contributed by atoms with Crippen LogP contribution >= 0.6 is 11.8 Å². The molecule has 2 heterocycles. The number of hydrogen-bond donors (Lipinski definition) is 1. The minimum absolute atomic E-state index is 0.00290. The maximum atomic E-state index is 13.4. The van der Waals surface area contributed by atoms with Crippen molar-refractivity contribution in [3.05, 3.63) is 48.0 Å². The first-order valence-corrected chi connectivity index (χ1v) is 13.7. The van der Waals surface area contributed by atoms with Gasteiger partial charge < -0.3 is 10.2 Å². The first-order valence-electron chi connectivity index (χ1n) is 11.1. The topological polar surface area (TPSA) is 86.8 Å². The molecule has 2 aliphatic rings. The Hall–Kier alpha value is -2.36. The number of thioether (sulfide) groups is 1. The molecule has 0 saturated carbocycles. The van der Waals surface area contributed by atoms with E-state index in [1.54, 1.807) is 34.9 Å². The molecule has 1 N–H and O–H groups in total. The van der Waals surface area contributed by atoms with Crippen molar-refractivity contribution in [2.24, 2.45) is 5.92 Å². The summed E-state index contributed by atoms with van der Waals surface area (Å²) in [6.07, 6.45) is 3.87. The van der Waals surface area contributed by atoms with Crippen LogP contribution < -0.4 is 10.2 Å². The molecule has 2 amide bonds. The molecule has 0 radical (unpaired) electrons. The van der Waals surface area contributed by atoms with E-state index >= 15 is 0 Å². The van der Waals surface area contributed by atoms with Crippen LogP contribution in [0, 0.1) is 5.92 Å². The van der Waals surface area contributed by atoms with Crippen molar-refractivity contribution < 1.29 is 18.0 Å². The molecule has 2 aromatic rings. The number of carbonyl (C=O) groups excluding carboxylic acids is 2. The third kappa shape index (κ3) is 4.81. The summed E-state index contributed by atoms with van der Waals surface area (Å²) in [5, 5.41) is 2.94. The van der Waals surface area contributed by atoms with Gasteiger partial charge in [0, 0.05) is 42.3 Å². The fraction of sp³-hybridized carbons (Fsp3) is 0.417. The molecule has 176 valence electrons. The molecule has 2 aromatic carbocycles. The number of anilines is 2. The number of hydrogen-bond acceptors (Lipinski definition) is 5. The molecule has 4 rings (SSSR count). The molecule has 0 aromatic heterocycles. The van der Waals surface area contributed by atoms with Gasteiger partial charge in [-0.2, -0.15) is 4.31 Å². The minimum atomic E-state index is -3.74. The van der Waals surface area contributed by atoms with Crippen LogP contribution in [0.3, 0.4) is 0 Å². The molecule has 0 unspecified atom stereocenters. The monoisotopic (exact) mass is 487 g/mol. The fourth-order valence-corrected chi connectivity index (χ4v) is 6.75. The molecule has 1 saturated heterocycles. The number of amides is 2. The third-order valence-corrected chi connectivity index (χ3v) is 8.92. The highest BCUT2D eigenvalue weighted by molar-refractivity contribution is 7.98. The average Bonchev–Trinajstić information content (AvgIpc) is 3.14. The second-order valence-corrected chi connectivity index (χ2v) is 11.5. The van der Waals surface area contributed by atoms with Crippen molar-refractivity contribution in [2.75, 3.05) is 29.6 Å². The van der Waals surface area contributed by atoms with Crippen molar-refractivity contribution in [3.63, 3.8) is 0 Å². The first-order chi connectivity index (χ1) is 15.7. The molecule has 0 aliphatic carbocycles. The predicted molar refractivity (Wildman–Crippen MR) is 131 cm³/mol. The lowest BCUT2D eigenvalue weighted by atomic mass is 9.99. The van der Waals surface area contributed by atoms with E-state index in [-0.39, 0.29) is 29.3 Å². The van der Waals surface area contributed by atoms with Gasteiger partial charge in [0.1, 0.15) is 0 Å². The predicted octanol–water partition coefficient (Wildman–Crippen LogP) is 3.75. The Labute approximate surface area is 199 Å². The maximum absolute atomic E-state index is 13.4. The molecule has 2 atom stereocenters. The van der Waals surface area contributed by atoms with Gasteiger partial charge in [0.05, 0.1) is 10.8 Å². The molecule has 9 heteroatoms. The SMILES string of the molecule is CSc1cccc(NC(=O)[C@H]2CCCN(S(=O)(=O)c3ccc4c(c3)C[C@@H](C)N4C(C)=O)C2)c1. The van der Waals surface area contributed by atoms with E-state index in [2.05, 4.69) is 5.32 Å². The zero-order valence-corrected chi connectivity index (χ0v) is 20.7. The standard InChI is InChI=1S/C24H29N3O4S2/c1-16-12-19-13-22(9-10-23(19)27(16)17(2)28)33(30,31)26-11-5-6-18(15-26)24(29)25-20-7-4-8-21(14-20)32-3/h4,7-10,13-14,16,18H,5-6,11-12,15H2,1-3H3,(H,25,29)/t16-,18+/m1/s1. The van der Waals surface area contributed by atoms with Gasteiger partial charge in [-0.15, -0.1) is 11.8 Å². The van der Waals surface area contributed by atoms with E-state index in [0.717, 1.165) is 21.8 Å². The Morgan fingerprint density at radius 1 is 1.15 bits per heavy atom. The lowest BCUT2D eigenvalue weighted by Crippen LogP contribution is -2.43. The van der Waals surface area contributed by atoms with Crippen LogP contribution in [-0.2, 0) is 26.0 Å². The number of sulfonamides is 1. The summed E-state index contributed by atoms with van der Waals surface area (Å²) < 4.78 is 28.2. The zero-order valence-electron chi connectivity index (χ0n) is 19.1. The summed E-state index contributed by atoms with van der Waals surface area (Å²) >= 11 is 1.60. The molecular weight excluding hydrogens is 458 g/mol.